The number of ether oxygens (including phenoxy) is 1. The molecule has 3 aromatic rings. The third kappa shape index (κ3) is 3.78. The molecule has 2 aromatic carbocycles. The van der Waals surface area contributed by atoms with Gasteiger partial charge in [-0.15, -0.1) is 0 Å². The van der Waals surface area contributed by atoms with Gasteiger partial charge < -0.3 is 9.84 Å². The molecule has 5 heteroatoms. The molecule has 0 amide bonds. The average molecular weight is 399 g/mol. The number of halogens is 1. The van der Waals surface area contributed by atoms with Crippen molar-refractivity contribution in [3.05, 3.63) is 70.3 Å². The maximum absolute atomic E-state index is 9.51. The molecule has 0 atom stereocenters. The smallest absolute Gasteiger partial charge is 0.120 e. The van der Waals surface area contributed by atoms with Crippen molar-refractivity contribution in [2.24, 2.45) is 0 Å². The first-order valence-electron chi connectivity index (χ1n) is 8.41. The van der Waals surface area contributed by atoms with Crippen molar-refractivity contribution in [2.75, 3.05) is 0 Å². The molecule has 0 saturated heterocycles. The normalized spacial score (nSPS) is 13.8. The summed E-state index contributed by atoms with van der Waals surface area (Å²) in [6.45, 7) is 0.554. The Morgan fingerprint density at radius 3 is 2.72 bits per heavy atom. The first-order valence-corrected chi connectivity index (χ1v) is 9.20. The number of hydrogen-bond donors (Lipinski definition) is 1. The molecular weight excluding hydrogens is 380 g/mol. The van der Waals surface area contributed by atoms with E-state index >= 15 is 0 Å². The number of aliphatic hydroxyl groups is 1. The molecular formula is C20H19BrN2O2. The summed E-state index contributed by atoms with van der Waals surface area (Å²) in [5.41, 5.74) is 3.82. The fraction of sp³-hybridized carbons (Fsp3) is 0.250. The van der Waals surface area contributed by atoms with E-state index in [1.165, 1.54) is 0 Å². The van der Waals surface area contributed by atoms with E-state index in [-0.39, 0.29) is 6.61 Å². The molecule has 1 heterocycles. The topological polar surface area (TPSA) is 47.3 Å². The average Bonchev–Trinajstić information content (AvgIpc) is 3.34. The molecule has 0 unspecified atom stereocenters. The van der Waals surface area contributed by atoms with Crippen LogP contribution in [-0.2, 0) is 13.2 Å². The van der Waals surface area contributed by atoms with Crippen LogP contribution in [0.2, 0.25) is 0 Å². The number of aromatic nitrogens is 2. The highest BCUT2D eigenvalue weighted by atomic mass is 79.9. The van der Waals surface area contributed by atoms with E-state index < -0.39 is 0 Å². The van der Waals surface area contributed by atoms with Gasteiger partial charge in [0.05, 0.1) is 30.6 Å². The SMILES string of the molecule is OCc1cc(-c2cccc(OC3CC3)c2)n(Cc2ccccc2Br)n1. The summed E-state index contributed by atoms with van der Waals surface area (Å²) in [6.07, 6.45) is 2.64. The van der Waals surface area contributed by atoms with Crippen molar-refractivity contribution in [3.8, 4) is 17.0 Å². The number of benzene rings is 2. The number of rotatable bonds is 6. The predicted molar refractivity (Wildman–Crippen MR) is 100 cm³/mol. The highest BCUT2D eigenvalue weighted by molar-refractivity contribution is 9.10. The van der Waals surface area contributed by atoms with Crippen molar-refractivity contribution in [3.63, 3.8) is 0 Å². The van der Waals surface area contributed by atoms with Crippen molar-refractivity contribution >= 4 is 15.9 Å². The highest BCUT2D eigenvalue weighted by Gasteiger charge is 2.23. The zero-order valence-corrected chi connectivity index (χ0v) is 15.3. The molecule has 25 heavy (non-hydrogen) atoms. The zero-order valence-electron chi connectivity index (χ0n) is 13.7. The van der Waals surface area contributed by atoms with Crippen LogP contribution in [0.1, 0.15) is 24.1 Å². The van der Waals surface area contributed by atoms with Crippen LogP contribution in [0, 0.1) is 0 Å². The Labute approximate surface area is 155 Å². The third-order valence-electron chi connectivity index (χ3n) is 4.23. The van der Waals surface area contributed by atoms with Gasteiger partial charge in [-0.1, -0.05) is 46.3 Å². The molecule has 1 aliphatic rings. The van der Waals surface area contributed by atoms with Gasteiger partial charge in [-0.25, -0.2) is 0 Å². The van der Waals surface area contributed by atoms with Crippen LogP contribution < -0.4 is 4.74 Å². The van der Waals surface area contributed by atoms with Crippen LogP contribution in [0.25, 0.3) is 11.3 Å². The molecule has 4 rings (SSSR count). The Morgan fingerprint density at radius 1 is 1.12 bits per heavy atom. The second-order valence-electron chi connectivity index (χ2n) is 6.27. The summed E-state index contributed by atoms with van der Waals surface area (Å²) < 4.78 is 8.89. The van der Waals surface area contributed by atoms with Crippen LogP contribution in [-0.4, -0.2) is 21.0 Å². The second-order valence-corrected chi connectivity index (χ2v) is 7.13. The Morgan fingerprint density at radius 2 is 1.96 bits per heavy atom. The Bertz CT molecular complexity index is 887. The fourth-order valence-corrected chi connectivity index (χ4v) is 3.21. The van der Waals surface area contributed by atoms with E-state index in [9.17, 15) is 5.11 Å². The zero-order chi connectivity index (χ0) is 17.2. The number of nitrogens with zero attached hydrogens (tertiary/aromatic N) is 2. The van der Waals surface area contributed by atoms with Crippen molar-refractivity contribution in [1.82, 2.24) is 9.78 Å². The van der Waals surface area contributed by atoms with Gasteiger partial charge in [0.2, 0.25) is 0 Å². The lowest BCUT2D eigenvalue weighted by molar-refractivity contribution is 0.275. The first kappa shape index (κ1) is 16.4. The monoisotopic (exact) mass is 398 g/mol. The van der Waals surface area contributed by atoms with Crippen molar-refractivity contribution in [2.45, 2.75) is 32.1 Å². The van der Waals surface area contributed by atoms with Crippen LogP contribution in [0.4, 0.5) is 0 Å². The van der Waals surface area contributed by atoms with Gasteiger partial charge in [0, 0.05) is 10.0 Å². The first-order chi connectivity index (χ1) is 12.2. The molecule has 1 fully saturated rings. The maximum atomic E-state index is 9.51. The van der Waals surface area contributed by atoms with Crippen LogP contribution >= 0.6 is 15.9 Å². The summed E-state index contributed by atoms with van der Waals surface area (Å²) in [5, 5.41) is 14.1. The lowest BCUT2D eigenvalue weighted by Gasteiger charge is -2.11. The standard InChI is InChI=1S/C20H19BrN2O2/c21-19-7-2-1-4-15(19)12-23-20(11-16(13-24)22-23)14-5-3-6-18(10-14)25-17-8-9-17/h1-7,10-11,17,24H,8-9,12-13H2. The van der Waals surface area contributed by atoms with E-state index in [0.29, 0.717) is 18.3 Å². The fourth-order valence-electron chi connectivity index (χ4n) is 2.80. The van der Waals surface area contributed by atoms with Gasteiger partial charge in [0.25, 0.3) is 0 Å². The molecule has 1 aromatic heterocycles. The van der Waals surface area contributed by atoms with E-state index in [2.05, 4.69) is 33.2 Å². The van der Waals surface area contributed by atoms with E-state index in [4.69, 9.17) is 4.74 Å². The summed E-state index contributed by atoms with van der Waals surface area (Å²) in [7, 11) is 0. The van der Waals surface area contributed by atoms with Crippen molar-refractivity contribution < 1.29 is 9.84 Å². The lowest BCUT2D eigenvalue weighted by atomic mass is 10.1. The summed E-state index contributed by atoms with van der Waals surface area (Å²) in [4.78, 5) is 0. The van der Waals surface area contributed by atoms with Gasteiger partial charge in [0.15, 0.2) is 0 Å². The van der Waals surface area contributed by atoms with Gasteiger partial charge in [0.1, 0.15) is 5.75 Å². The second kappa shape index (κ2) is 7.02. The minimum Gasteiger partial charge on any atom is -0.490 e. The summed E-state index contributed by atoms with van der Waals surface area (Å²) >= 11 is 3.59. The molecule has 1 aliphatic carbocycles. The van der Waals surface area contributed by atoms with Gasteiger partial charge in [-0.05, 0) is 42.7 Å². The summed E-state index contributed by atoms with van der Waals surface area (Å²) in [6, 6.07) is 18.1. The quantitative estimate of drug-likeness (QED) is 0.669. The number of aliphatic hydroxyl groups excluding tert-OH is 1. The molecule has 0 aliphatic heterocycles. The molecule has 1 saturated carbocycles. The van der Waals surface area contributed by atoms with E-state index in [0.717, 1.165) is 39.9 Å². The molecule has 128 valence electrons. The third-order valence-corrected chi connectivity index (χ3v) is 5.00. The van der Waals surface area contributed by atoms with E-state index in [1.54, 1.807) is 0 Å². The van der Waals surface area contributed by atoms with Crippen molar-refractivity contribution in [1.29, 1.82) is 0 Å². The minimum absolute atomic E-state index is 0.0752. The van der Waals surface area contributed by atoms with E-state index in [1.807, 2.05) is 47.1 Å². The van der Waals surface area contributed by atoms with Crippen LogP contribution in [0.3, 0.4) is 0 Å². The highest BCUT2D eigenvalue weighted by Crippen LogP contribution is 2.30. The van der Waals surface area contributed by atoms with Crippen LogP contribution in [0.15, 0.2) is 59.1 Å². The van der Waals surface area contributed by atoms with Gasteiger partial charge in [-0.2, -0.15) is 5.10 Å². The summed E-state index contributed by atoms with van der Waals surface area (Å²) in [5.74, 6) is 0.888. The largest absolute Gasteiger partial charge is 0.490 e. The lowest BCUT2D eigenvalue weighted by Crippen LogP contribution is -2.05. The predicted octanol–water partition coefficient (Wildman–Crippen LogP) is 4.39. The number of hydrogen-bond acceptors (Lipinski definition) is 3. The molecule has 0 bridgehead atoms. The van der Waals surface area contributed by atoms with Crippen LogP contribution in [0.5, 0.6) is 5.75 Å². The van der Waals surface area contributed by atoms with Gasteiger partial charge >= 0.3 is 0 Å². The van der Waals surface area contributed by atoms with Gasteiger partial charge in [-0.3, -0.25) is 4.68 Å². The Kier molecular flexibility index (Phi) is 4.59. The molecule has 1 N–H and O–H groups in total. The molecule has 0 radical (unpaired) electrons. The molecule has 4 nitrogen and oxygen atoms in total. The Balaban J connectivity index is 1.69. The molecule has 0 spiro atoms. The Hall–Kier alpha value is -2.11. The minimum atomic E-state index is -0.0752. The maximum Gasteiger partial charge on any atom is 0.120 e.